The van der Waals surface area contributed by atoms with Crippen molar-refractivity contribution in [2.24, 2.45) is 29.1 Å². The average molecular weight is 438 g/mol. The third-order valence-corrected chi connectivity index (χ3v) is 10.1. The Morgan fingerprint density at radius 2 is 1.77 bits per heavy atom. The van der Waals surface area contributed by atoms with Gasteiger partial charge >= 0.3 is 0 Å². The standard InChI is InChI=1S/C26H35N3OS/c1-16-5-7-29(8-6-16)25-28-22-4-3-21(12-23(22)31-25)24(30)27-17(2)26-13-18-9-19(14-26)11-20(10-18)15-26/h3-4,12,16-20H,5-11,13-15H2,1-2H3,(H,27,30). The van der Waals surface area contributed by atoms with E-state index in [0.29, 0.717) is 5.41 Å². The van der Waals surface area contributed by atoms with Crippen molar-refractivity contribution in [3.8, 4) is 0 Å². The Balaban J connectivity index is 1.18. The van der Waals surface area contributed by atoms with Gasteiger partial charge in [-0.2, -0.15) is 0 Å². The molecule has 4 aliphatic carbocycles. The molecule has 0 spiro atoms. The normalized spacial score (nSPS) is 33.7. The van der Waals surface area contributed by atoms with Gasteiger partial charge in [-0.05, 0) is 106 Å². The second-order valence-electron chi connectivity index (χ2n) is 11.3. The molecule has 31 heavy (non-hydrogen) atoms. The lowest BCUT2D eigenvalue weighted by Gasteiger charge is -2.59. The van der Waals surface area contributed by atoms with E-state index >= 15 is 0 Å². The van der Waals surface area contributed by atoms with Crippen LogP contribution in [-0.4, -0.2) is 30.0 Å². The van der Waals surface area contributed by atoms with Crippen LogP contribution in [0.2, 0.25) is 0 Å². The van der Waals surface area contributed by atoms with Crippen molar-refractivity contribution in [2.75, 3.05) is 18.0 Å². The molecule has 5 aliphatic rings. The molecule has 1 aromatic heterocycles. The zero-order valence-corrected chi connectivity index (χ0v) is 19.7. The third kappa shape index (κ3) is 3.57. The molecule has 1 aliphatic heterocycles. The number of carbonyl (C=O) groups excluding carboxylic acids is 1. The lowest BCUT2D eigenvalue weighted by molar-refractivity contribution is -0.0688. The predicted octanol–water partition coefficient (Wildman–Crippen LogP) is 5.87. The van der Waals surface area contributed by atoms with E-state index in [4.69, 9.17) is 4.98 Å². The summed E-state index contributed by atoms with van der Waals surface area (Å²) >= 11 is 1.74. The fourth-order valence-corrected chi connectivity index (χ4v) is 8.59. The van der Waals surface area contributed by atoms with Crippen LogP contribution in [0.1, 0.15) is 75.6 Å². The first-order valence-electron chi connectivity index (χ1n) is 12.4. The van der Waals surface area contributed by atoms with Crippen LogP contribution >= 0.6 is 11.3 Å². The van der Waals surface area contributed by atoms with Crippen LogP contribution in [-0.2, 0) is 0 Å². The molecule has 4 bridgehead atoms. The summed E-state index contributed by atoms with van der Waals surface area (Å²) in [5, 5.41) is 4.54. The van der Waals surface area contributed by atoms with Crippen LogP contribution in [0.4, 0.5) is 5.13 Å². The van der Waals surface area contributed by atoms with Crippen LogP contribution < -0.4 is 10.2 Å². The molecule has 5 heteroatoms. The molecule has 0 radical (unpaired) electrons. The maximum atomic E-state index is 13.2. The summed E-state index contributed by atoms with van der Waals surface area (Å²) in [5.41, 5.74) is 2.15. The van der Waals surface area contributed by atoms with Crippen LogP contribution in [0.15, 0.2) is 18.2 Å². The van der Waals surface area contributed by atoms with E-state index in [1.807, 2.05) is 12.1 Å². The molecule has 4 nitrogen and oxygen atoms in total. The SMILES string of the molecule is CC1CCN(c2nc3ccc(C(=O)NC(C)C45CC6CC(CC(C6)C4)C5)cc3s2)CC1. The number of nitrogens with one attached hydrogen (secondary N) is 1. The fraction of sp³-hybridized carbons (Fsp3) is 0.692. The Labute approximate surface area is 189 Å². The number of carbonyl (C=O) groups is 1. The van der Waals surface area contributed by atoms with Crippen molar-refractivity contribution in [3.05, 3.63) is 23.8 Å². The van der Waals surface area contributed by atoms with Gasteiger partial charge in [-0.25, -0.2) is 4.98 Å². The smallest absolute Gasteiger partial charge is 0.251 e. The zero-order valence-electron chi connectivity index (χ0n) is 18.9. The van der Waals surface area contributed by atoms with Gasteiger partial charge in [-0.1, -0.05) is 18.3 Å². The van der Waals surface area contributed by atoms with Crippen LogP contribution in [0.3, 0.4) is 0 Å². The molecular formula is C26H35N3OS. The number of hydrogen-bond acceptors (Lipinski definition) is 4. The van der Waals surface area contributed by atoms with Gasteiger partial charge in [0.1, 0.15) is 0 Å². The van der Waals surface area contributed by atoms with Gasteiger partial charge in [0.15, 0.2) is 5.13 Å². The highest BCUT2D eigenvalue weighted by Crippen LogP contribution is 2.61. The monoisotopic (exact) mass is 437 g/mol. The molecule has 2 heterocycles. The minimum Gasteiger partial charge on any atom is -0.349 e. The number of rotatable bonds is 4. The summed E-state index contributed by atoms with van der Waals surface area (Å²) in [6, 6.07) is 6.32. The summed E-state index contributed by atoms with van der Waals surface area (Å²) in [4.78, 5) is 20.5. The minimum atomic E-state index is 0.0897. The number of amides is 1. The molecule has 5 fully saturated rings. The first-order valence-corrected chi connectivity index (χ1v) is 13.3. The Morgan fingerprint density at radius 1 is 1.13 bits per heavy atom. The van der Waals surface area contributed by atoms with Gasteiger partial charge in [0, 0.05) is 24.7 Å². The van der Waals surface area contributed by atoms with Gasteiger partial charge in [0.05, 0.1) is 10.2 Å². The van der Waals surface area contributed by atoms with Crippen LogP contribution in [0.25, 0.3) is 10.2 Å². The molecule has 1 atom stereocenters. The highest BCUT2D eigenvalue weighted by atomic mass is 32.1. The highest BCUT2D eigenvalue weighted by Gasteiger charge is 2.53. The van der Waals surface area contributed by atoms with Gasteiger partial charge < -0.3 is 10.2 Å². The molecule has 7 rings (SSSR count). The van der Waals surface area contributed by atoms with Crippen molar-refractivity contribution in [3.63, 3.8) is 0 Å². The van der Waals surface area contributed by atoms with Gasteiger partial charge in [0.25, 0.3) is 5.91 Å². The van der Waals surface area contributed by atoms with Crippen molar-refractivity contribution < 1.29 is 4.79 Å². The summed E-state index contributed by atoms with van der Waals surface area (Å²) in [7, 11) is 0. The Kier molecular flexibility index (Phi) is 4.82. The van der Waals surface area contributed by atoms with E-state index in [2.05, 4.69) is 30.1 Å². The molecule has 4 saturated carbocycles. The second-order valence-corrected chi connectivity index (χ2v) is 12.3. The molecular weight excluding hydrogens is 402 g/mol. The minimum absolute atomic E-state index is 0.0897. The molecule has 1 aromatic carbocycles. The Bertz CT molecular complexity index is 954. The Morgan fingerprint density at radius 3 is 2.42 bits per heavy atom. The lowest BCUT2D eigenvalue weighted by atomic mass is 9.48. The number of fused-ring (bicyclic) bond motifs is 1. The van der Waals surface area contributed by atoms with Gasteiger partial charge in [0.2, 0.25) is 0 Å². The van der Waals surface area contributed by atoms with Crippen LogP contribution in [0.5, 0.6) is 0 Å². The quantitative estimate of drug-likeness (QED) is 0.651. The fourth-order valence-electron chi connectivity index (χ4n) is 7.53. The summed E-state index contributed by atoms with van der Waals surface area (Å²) < 4.78 is 1.13. The van der Waals surface area contributed by atoms with Gasteiger partial charge in [-0.15, -0.1) is 0 Å². The largest absolute Gasteiger partial charge is 0.349 e. The highest BCUT2D eigenvalue weighted by molar-refractivity contribution is 7.22. The lowest BCUT2D eigenvalue weighted by Crippen LogP contribution is -2.55. The van der Waals surface area contributed by atoms with E-state index in [1.54, 1.807) is 11.3 Å². The van der Waals surface area contributed by atoms with Crippen molar-refractivity contribution in [1.82, 2.24) is 10.3 Å². The van der Waals surface area contributed by atoms with Crippen LogP contribution in [0, 0.1) is 29.1 Å². The maximum Gasteiger partial charge on any atom is 0.251 e. The Hall–Kier alpha value is -1.62. The van der Waals surface area contributed by atoms with Crippen molar-refractivity contribution in [2.45, 2.75) is 71.3 Å². The topological polar surface area (TPSA) is 45.2 Å². The number of hydrogen-bond donors (Lipinski definition) is 1. The number of thiazole rings is 1. The molecule has 1 amide bonds. The predicted molar refractivity (Wildman–Crippen MR) is 128 cm³/mol. The average Bonchev–Trinajstić information content (AvgIpc) is 3.16. The van der Waals surface area contributed by atoms with E-state index in [9.17, 15) is 4.79 Å². The first kappa shape index (κ1) is 20.0. The summed E-state index contributed by atoms with van der Waals surface area (Å²) in [5.74, 6) is 3.64. The molecule has 166 valence electrons. The molecule has 1 N–H and O–H groups in total. The summed E-state index contributed by atoms with van der Waals surface area (Å²) in [6.45, 7) is 6.80. The molecule has 2 aromatic rings. The van der Waals surface area contributed by atoms with Crippen molar-refractivity contribution in [1.29, 1.82) is 0 Å². The molecule has 1 saturated heterocycles. The van der Waals surface area contributed by atoms with E-state index in [1.165, 1.54) is 51.4 Å². The number of aromatic nitrogens is 1. The number of anilines is 1. The van der Waals surface area contributed by atoms with Gasteiger partial charge in [-0.3, -0.25) is 4.79 Å². The van der Waals surface area contributed by atoms with E-state index in [0.717, 1.165) is 57.7 Å². The number of benzene rings is 1. The number of piperidine rings is 1. The van der Waals surface area contributed by atoms with E-state index in [-0.39, 0.29) is 11.9 Å². The van der Waals surface area contributed by atoms with E-state index < -0.39 is 0 Å². The third-order valence-electron chi connectivity index (χ3n) is 9.05. The summed E-state index contributed by atoms with van der Waals surface area (Å²) in [6.07, 6.45) is 10.8. The first-order chi connectivity index (χ1) is 15.0. The zero-order chi connectivity index (χ0) is 21.2. The number of nitrogens with zero attached hydrogens (tertiary/aromatic N) is 2. The second kappa shape index (κ2) is 7.47. The molecule has 1 unspecified atom stereocenters. The maximum absolute atomic E-state index is 13.2. The van der Waals surface area contributed by atoms with Crippen molar-refractivity contribution >= 4 is 32.6 Å².